The number of ether oxygens (including phenoxy) is 2. The second-order valence-electron chi connectivity index (χ2n) is 7.86. The van der Waals surface area contributed by atoms with Gasteiger partial charge in [-0.25, -0.2) is 14.3 Å². The minimum absolute atomic E-state index is 0.00109. The number of anilines is 1. The molecule has 36 heavy (non-hydrogen) atoms. The van der Waals surface area contributed by atoms with Crippen molar-refractivity contribution >= 4 is 17.6 Å². The molecule has 0 spiro atoms. The van der Waals surface area contributed by atoms with Crippen LogP contribution in [0.1, 0.15) is 24.1 Å². The summed E-state index contributed by atoms with van der Waals surface area (Å²) in [5, 5.41) is 18.3. The Kier molecular flexibility index (Phi) is 6.83. The molecule has 0 bridgehead atoms. The van der Waals surface area contributed by atoms with Crippen LogP contribution in [0.25, 0.3) is 5.69 Å². The molecule has 10 nitrogen and oxygen atoms in total. The number of hydrogen-bond donors (Lipinski definition) is 1. The van der Waals surface area contributed by atoms with E-state index < -0.39 is 17.9 Å². The number of nitrogens with two attached hydrogens (primary N) is 1. The second-order valence-corrected chi connectivity index (χ2v) is 7.86. The van der Waals surface area contributed by atoms with Gasteiger partial charge in [0.2, 0.25) is 0 Å². The van der Waals surface area contributed by atoms with Gasteiger partial charge in [0.15, 0.2) is 0 Å². The monoisotopic (exact) mass is 484 g/mol. The van der Waals surface area contributed by atoms with Crippen LogP contribution in [-0.2, 0) is 25.5 Å². The highest BCUT2D eigenvalue weighted by Gasteiger charge is 2.42. The first-order chi connectivity index (χ1) is 17.4. The predicted octanol–water partition coefficient (Wildman–Crippen LogP) is 2.73. The van der Waals surface area contributed by atoms with Crippen molar-refractivity contribution in [3.8, 4) is 11.8 Å². The van der Waals surface area contributed by atoms with Crippen LogP contribution >= 0.6 is 0 Å². The fraction of sp³-hybridized carbons (Fsp3) is 0.192. The van der Waals surface area contributed by atoms with Crippen molar-refractivity contribution in [2.45, 2.75) is 19.3 Å². The molecule has 2 N–H and O–H groups in total. The first-order valence-electron chi connectivity index (χ1n) is 11.1. The molecule has 0 aliphatic carbocycles. The molecule has 2 heterocycles. The average molecular weight is 485 g/mol. The fourth-order valence-corrected chi connectivity index (χ4v) is 4.12. The van der Waals surface area contributed by atoms with E-state index in [1.807, 2.05) is 13.1 Å². The summed E-state index contributed by atoms with van der Waals surface area (Å²) in [4.78, 5) is 27.5. The van der Waals surface area contributed by atoms with E-state index in [2.05, 4.69) is 16.4 Å². The Morgan fingerprint density at radius 1 is 1.03 bits per heavy atom. The van der Waals surface area contributed by atoms with Crippen molar-refractivity contribution in [2.24, 2.45) is 5.73 Å². The summed E-state index contributed by atoms with van der Waals surface area (Å²) in [6.07, 6.45) is 2.56. The van der Waals surface area contributed by atoms with E-state index in [0.717, 1.165) is 17.8 Å². The van der Waals surface area contributed by atoms with Gasteiger partial charge in [0, 0.05) is 5.69 Å². The van der Waals surface area contributed by atoms with Gasteiger partial charge in [-0.3, -0.25) is 4.90 Å². The maximum atomic E-state index is 13.1. The van der Waals surface area contributed by atoms with E-state index in [1.165, 1.54) is 19.1 Å². The number of carbonyl (C=O) groups is 2. The first-order valence-corrected chi connectivity index (χ1v) is 11.1. The molecule has 1 aromatic heterocycles. The van der Waals surface area contributed by atoms with E-state index in [0.29, 0.717) is 11.3 Å². The average Bonchev–Trinajstić information content (AvgIpc) is 3.41. The molecule has 2 aromatic carbocycles. The molecule has 4 rings (SSSR count). The first kappa shape index (κ1) is 24.2. The lowest BCUT2D eigenvalue weighted by molar-refractivity contribution is -0.139. The van der Waals surface area contributed by atoms with Crippen LogP contribution < -0.4 is 10.6 Å². The zero-order valence-electron chi connectivity index (χ0n) is 20.0. The number of nitriles is 1. The molecular formula is C26H24N6O4. The molecule has 1 atom stereocenters. The predicted molar refractivity (Wildman–Crippen MR) is 130 cm³/mol. The van der Waals surface area contributed by atoms with Crippen molar-refractivity contribution < 1.29 is 19.1 Å². The van der Waals surface area contributed by atoms with E-state index >= 15 is 0 Å². The van der Waals surface area contributed by atoms with Gasteiger partial charge in [-0.15, -0.1) is 5.10 Å². The number of allylic oxidation sites excluding steroid dienone is 1. The maximum absolute atomic E-state index is 13.1. The molecule has 0 fully saturated rings. The summed E-state index contributed by atoms with van der Waals surface area (Å²) >= 11 is 0. The molecule has 3 aromatic rings. The van der Waals surface area contributed by atoms with Crippen molar-refractivity contribution in [3.63, 3.8) is 0 Å². The number of rotatable bonds is 6. The van der Waals surface area contributed by atoms with Crippen molar-refractivity contribution in [2.75, 3.05) is 19.1 Å². The molecule has 0 saturated carbocycles. The lowest BCUT2D eigenvalue weighted by Gasteiger charge is -2.35. The third-order valence-corrected chi connectivity index (χ3v) is 5.89. The highest BCUT2D eigenvalue weighted by Crippen LogP contribution is 2.43. The molecule has 1 aliphatic heterocycles. The lowest BCUT2D eigenvalue weighted by atomic mass is 9.81. The van der Waals surface area contributed by atoms with Gasteiger partial charge in [0.25, 0.3) is 0 Å². The van der Waals surface area contributed by atoms with Gasteiger partial charge >= 0.3 is 11.9 Å². The van der Waals surface area contributed by atoms with Crippen LogP contribution in [0, 0.1) is 11.3 Å². The van der Waals surface area contributed by atoms with E-state index in [-0.39, 0.29) is 22.7 Å². The number of aromatic nitrogens is 3. The number of hydrogen-bond acceptors (Lipinski definition) is 9. The number of benzene rings is 2. The summed E-state index contributed by atoms with van der Waals surface area (Å²) in [7, 11) is 2.42. The number of methoxy groups -OCH3 is 2. The highest BCUT2D eigenvalue weighted by molar-refractivity contribution is 6.06. The summed E-state index contributed by atoms with van der Waals surface area (Å²) < 4.78 is 11.7. The third-order valence-electron chi connectivity index (χ3n) is 5.89. The molecule has 10 heteroatoms. The molecule has 182 valence electrons. The zero-order valence-corrected chi connectivity index (χ0v) is 20.0. The SMILES string of the molecule is CCc1cn(-c2ccc(N3C(N)=C(C#N)C(c4ccccc4)C(C(=O)OC)=C3C(=O)OC)cc2)nn1. The van der Waals surface area contributed by atoms with E-state index in [9.17, 15) is 14.9 Å². The largest absolute Gasteiger partial charge is 0.466 e. The maximum Gasteiger partial charge on any atom is 0.355 e. The van der Waals surface area contributed by atoms with Crippen LogP contribution in [0.15, 0.2) is 83.5 Å². The minimum atomic E-state index is -0.920. The molecular weight excluding hydrogens is 460 g/mol. The van der Waals surface area contributed by atoms with Crippen molar-refractivity contribution in [1.29, 1.82) is 5.26 Å². The van der Waals surface area contributed by atoms with E-state index in [4.69, 9.17) is 15.2 Å². The number of nitrogens with zero attached hydrogens (tertiary/aromatic N) is 5. The topological polar surface area (TPSA) is 136 Å². The molecule has 1 aliphatic rings. The van der Waals surface area contributed by atoms with E-state index in [1.54, 1.807) is 59.3 Å². The highest BCUT2D eigenvalue weighted by atomic mass is 16.5. The summed E-state index contributed by atoms with van der Waals surface area (Å²) in [5.74, 6) is -2.50. The zero-order chi connectivity index (χ0) is 25.8. The second kappa shape index (κ2) is 10.1. The Bertz CT molecular complexity index is 1400. The number of esters is 2. The molecule has 1 unspecified atom stereocenters. The standard InChI is InChI=1S/C26H24N6O4/c1-4-17-15-31(30-29-17)18-10-12-19(13-11-18)32-23(26(34)36-3)22(25(33)35-2)21(20(14-27)24(32)28)16-8-6-5-7-9-16/h5-13,15,21H,4,28H2,1-3H3. The summed E-state index contributed by atoms with van der Waals surface area (Å²) in [6.45, 7) is 1.98. The Morgan fingerprint density at radius 3 is 2.22 bits per heavy atom. The van der Waals surface area contributed by atoms with Gasteiger partial charge in [-0.05, 0) is 36.2 Å². The Balaban J connectivity index is 1.92. The minimum Gasteiger partial charge on any atom is -0.466 e. The van der Waals surface area contributed by atoms with Gasteiger partial charge in [0.05, 0.1) is 54.9 Å². The quantitative estimate of drug-likeness (QED) is 0.524. The van der Waals surface area contributed by atoms with Crippen LogP contribution in [0.4, 0.5) is 5.69 Å². The Hall–Kier alpha value is -4.91. The van der Waals surface area contributed by atoms with Gasteiger partial charge in [-0.1, -0.05) is 42.5 Å². The van der Waals surface area contributed by atoms with Crippen molar-refractivity contribution in [3.05, 3.63) is 94.7 Å². The molecule has 0 amide bonds. The Labute approximate surface area is 207 Å². The number of carbonyl (C=O) groups excluding carboxylic acids is 2. The van der Waals surface area contributed by atoms with Gasteiger partial charge in [0.1, 0.15) is 11.5 Å². The van der Waals surface area contributed by atoms with Crippen LogP contribution in [0.3, 0.4) is 0 Å². The lowest BCUT2D eigenvalue weighted by Crippen LogP contribution is -2.40. The van der Waals surface area contributed by atoms with Gasteiger partial charge < -0.3 is 15.2 Å². The van der Waals surface area contributed by atoms with Gasteiger partial charge in [-0.2, -0.15) is 5.26 Å². The van der Waals surface area contributed by atoms with Crippen LogP contribution in [0.2, 0.25) is 0 Å². The van der Waals surface area contributed by atoms with Crippen molar-refractivity contribution in [1.82, 2.24) is 15.0 Å². The summed E-state index contributed by atoms with van der Waals surface area (Å²) in [6, 6.07) is 17.9. The van der Waals surface area contributed by atoms with Crippen LogP contribution in [-0.4, -0.2) is 41.2 Å². The smallest absolute Gasteiger partial charge is 0.355 e. The number of aryl methyl sites for hydroxylation is 1. The normalized spacial score (nSPS) is 15.5. The summed E-state index contributed by atoms with van der Waals surface area (Å²) in [5.41, 5.74) is 9.04. The van der Waals surface area contributed by atoms with Crippen LogP contribution in [0.5, 0.6) is 0 Å². The molecule has 0 saturated heterocycles. The fourth-order valence-electron chi connectivity index (χ4n) is 4.12. The third kappa shape index (κ3) is 4.18. The Morgan fingerprint density at radius 2 is 1.67 bits per heavy atom. The molecule has 0 radical (unpaired) electrons.